The molecular weight excluding hydrogens is 164 g/mol. The molecule has 1 aromatic carbocycles. The minimum absolute atomic E-state index is 0.0337. The molecule has 1 unspecified atom stereocenters. The first-order valence-electron chi connectivity index (χ1n) is 4.22. The monoisotopic (exact) mass is 178 g/mol. The van der Waals surface area contributed by atoms with Crippen molar-refractivity contribution in [1.29, 1.82) is 0 Å². The fourth-order valence-electron chi connectivity index (χ4n) is 1.07. The van der Waals surface area contributed by atoms with Gasteiger partial charge >= 0.3 is 0 Å². The number of anilines is 1. The van der Waals surface area contributed by atoms with Gasteiger partial charge in [0, 0.05) is 18.7 Å². The van der Waals surface area contributed by atoms with E-state index in [4.69, 9.17) is 5.73 Å². The molecule has 3 heteroatoms. The zero-order valence-electron chi connectivity index (χ0n) is 7.87. The molecule has 0 heterocycles. The number of hydrogen-bond acceptors (Lipinski definition) is 2. The summed E-state index contributed by atoms with van der Waals surface area (Å²) < 4.78 is 0. The van der Waals surface area contributed by atoms with Crippen molar-refractivity contribution in [3.63, 3.8) is 0 Å². The highest BCUT2D eigenvalue weighted by Crippen LogP contribution is 2.13. The third-order valence-electron chi connectivity index (χ3n) is 1.76. The Morgan fingerprint density at radius 3 is 2.31 bits per heavy atom. The molecule has 13 heavy (non-hydrogen) atoms. The van der Waals surface area contributed by atoms with Crippen LogP contribution in [0, 0.1) is 0 Å². The van der Waals surface area contributed by atoms with E-state index >= 15 is 0 Å². The first kappa shape index (κ1) is 9.74. The summed E-state index contributed by atoms with van der Waals surface area (Å²) in [6, 6.07) is 7.55. The van der Waals surface area contributed by atoms with Gasteiger partial charge in [-0.3, -0.25) is 4.79 Å². The summed E-state index contributed by atoms with van der Waals surface area (Å²) >= 11 is 0. The Kier molecular flexibility index (Phi) is 3.03. The second-order valence-electron chi connectivity index (χ2n) is 3.09. The number of nitrogens with one attached hydrogen (secondary N) is 1. The van der Waals surface area contributed by atoms with Crippen LogP contribution in [0.2, 0.25) is 0 Å². The van der Waals surface area contributed by atoms with Gasteiger partial charge in [0.05, 0.1) is 0 Å². The molecule has 0 fully saturated rings. The van der Waals surface area contributed by atoms with Crippen molar-refractivity contribution in [1.82, 2.24) is 0 Å². The summed E-state index contributed by atoms with van der Waals surface area (Å²) in [7, 11) is 0. The Morgan fingerprint density at radius 1 is 1.38 bits per heavy atom. The van der Waals surface area contributed by atoms with Crippen molar-refractivity contribution in [2.24, 2.45) is 5.73 Å². The molecule has 1 rings (SSSR count). The predicted molar refractivity (Wildman–Crippen MR) is 53.3 cm³/mol. The van der Waals surface area contributed by atoms with Crippen LogP contribution < -0.4 is 11.1 Å². The van der Waals surface area contributed by atoms with Gasteiger partial charge in [-0.1, -0.05) is 12.1 Å². The van der Waals surface area contributed by atoms with E-state index in [0.29, 0.717) is 0 Å². The molecular formula is C10H14N2O. The van der Waals surface area contributed by atoms with Gasteiger partial charge in [-0.05, 0) is 24.6 Å². The van der Waals surface area contributed by atoms with Crippen LogP contribution in [0.4, 0.5) is 5.69 Å². The summed E-state index contributed by atoms with van der Waals surface area (Å²) in [6.07, 6.45) is 0. The average molecular weight is 178 g/mol. The number of carbonyl (C=O) groups excluding carboxylic acids is 1. The summed E-state index contributed by atoms with van der Waals surface area (Å²) in [5, 5.41) is 2.69. The molecule has 1 amide bonds. The predicted octanol–water partition coefficient (Wildman–Crippen LogP) is 1.66. The summed E-state index contributed by atoms with van der Waals surface area (Å²) in [5.74, 6) is -0.0615. The standard InChI is InChI=1S/C10H14N2O/c1-7(11)9-3-5-10(6-4-9)12-8(2)13/h3-7H,11H2,1-2H3,(H,12,13). The smallest absolute Gasteiger partial charge is 0.221 e. The SMILES string of the molecule is CC(=O)Nc1ccc(C(C)N)cc1. The molecule has 0 aromatic heterocycles. The van der Waals surface area contributed by atoms with Crippen LogP contribution in [0.1, 0.15) is 25.5 Å². The maximum absolute atomic E-state index is 10.7. The lowest BCUT2D eigenvalue weighted by Gasteiger charge is -2.06. The third kappa shape index (κ3) is 2.87. The maximum Gasteiger partial charge on any atom is 0.221 e. The van der Waals surface area contributed by atoms with Gasteiger partial charge in [0.2, 0.25) is 5.91 Å². The fourth-order valence-corrected chi connectivity index (χ4v) is 1.07. The first-order chi connectivity index (χ1) is 6.09. The average Bonchev–Trinajstić information content (AvgIpc) is 2.04. The lowest BCUT2D eigenvalue weighted by Crippen LogP contribution is -2.07. The van der Waals surface area contributed by atoms with E-state index in [1.165, 1.54) is 6.92 Å². The van der Waals surface area contributed by atoms with E-state index in [9.17, 15) is 4.79 Å². The molecule has 0 saturated heterocycles. The number of carbonyl (C=O) groups is 1. The van der Waals surface area contributed by atoms with Gasteiger partial charge in [-0.2, -0.15) is 0 Å². The Balaban J connectivity index is 2.75. The zero-order valence-corrected chi connectivity index (χ0v) is 7.87. The van der Waals surface area contributed by atoms with Gasteiger partial charge in [0.1, 0.15) is 0 Å². The van der Waals surface area contributed by atoms with Crippen molar-refractivity contribution in [2.45, 2.75) is 19.9 Å². The van der Waals surface area contributed by atoms with Crippen LogP contribution in [0.15, 0.2) is 24.3 Å². The van der Waals surface area contributed by atoms with Gasteiger partial charge in [-0.25, -0.2) is 0 Å². The molecule has 0 radical (unpaired) electrons. The minimum Gasteiger partial charge on any atom is -0.326 e. The van der Waals surface area contributed by atoms with Crippen LogP contribution in [-0.2, 0) is 4.79 Å². The largest absolute Gasteiger partial charge is 0.326 e. The second kappa shape index (κ2) is 4.05. The van der Waals surface area contributed by atoms with Gasteiger partial charge in [0.15, 0.2) is 0 Å². The molecule has 0 spiro atoms. The minimum atomic E-state index is -0.0615. The van der Waals surface area contributed by atoms with Crippen molar-refractivity contribution in [2.75, 3.05) is 5.32 Å². The van der Waals surface area contributed by atoms with Crippen LogP contribution in [0.3, 0.4) is 0 Å². The number of benzene rings is 1. The van der Waals surface area contributed by atoms with E-state index in [1.807, 2.05) is 31.2 Å². The zero-order chi connectivity index (χ0) is 9.84. The number of hydrogen-bond donors (Lipinski definition) is 2. The van der Waals surface area contributed by atoms with Gasteiger partial charge in [0.25, 0.3) is 0 Å². The maximum atomic E-state index is 10.7. The fraction of sp³-hybridized carbons (Fsp3) is 0.300. The number of rotatable bonds is 2. The summed E-state index contributed by atoms with van der Waals surface area (Å²) in [4.78, 5) is 10.7. The van der Waals surface area contributed by atoms with E-state index in [0.717, 1.165) is 11.3 Å². The Morgan fingerprint density at radius 2 is 1.92 bits per heavy atom. The van der Waals surface area contributed by atoms with Crippen LogP contribution in [0.25, 0.3) is 0 Å². The molecule has 1 atom stereocenters. The van der Waals surface area contributed by atoms with E-state index < -0.39 is 0 Å². The molecule has 0 saturated carbocycles. The quantitative estimate of drug-likeness (QED) is 0.723. The van der Waals surface area contributed by atoms with E-state index in [2.05, 4.69) is 5.32 Å². The number of amides is 1. The molecule has 0 bridgehead atoms. The molecule has 70 valence electrons. The highest BCUT2D eigenvalue weighted by molar-refractivity contribution is 5.88. The Hall–Kier alpha value is -1.35. The van der Waals surface area contributed by atoms with E-state index in [1.54, 1.807) is 0 Å². The Labute approximate surface area is 77.9 Å². The van der Waals surface area contributed by atoms with Gasteiger partial charge in [-0.15, -0.1) is 0 Å². The van der Waals surface area contributed by atoms with Crippen molar-refractivity contribution in [3.8, 4) is 0 Å². The lowest BCUT2D eigenvalue weighted by atomic mass is 10.1. The van der Waals surface area contributed by atoms with Crippen LogP contribution in [0.5, 0.6) is 0 Å². The first-order valence-corrected chi connectivity index (χ1v) is 4.22. The van der Waals surface area contributed by atoms with E-state index in [-0.39, 0.29) is 11.9 Å². The molecule has 0 aliphatic carbocycles. The lowest BCUT2D eigenvalue weighted by molar-refractivity contribution is -0.114. The Bertz CT molecular complexity index is 290. The number of nitrogens with two attached hydrogens (primary N) is 1. The highest BCUT2D eigenvalue weighted by Gasteiger charge is 1.99. The topological polar surface area (TPSA) is 55.1 Å². The molecule has 1 aromatic rings. The summed E-state index contributed by atoms with van der Waals surface area (Å²) in [6.45, 7) is 3.41. The van der Waals surface area contributed by atoms with Crippen LogP contribution in [-0.4, -0.2) is 5.91 Å². The van der Waals surface area contributed by atoms with Crippen molar-refractivity contribution < 1.29 is 4.79 Å². The highest BCUT2D eigenvalue weighted by atomic mass is 16.1. The second-order valence-corrected chi connectivity index (χ2v) is 3.09. The summed E-state index contributed by atoms with van der Waals surface area (Å²) in [5.41, 5.74) is 7.54. The van der Waals surface area contributed by atoms with Crippen LogP contribution >= 0.6 is 0 Å². The molecule has 3 nitrogen and oxygen atoms in total. The third-order valence-corrected chi connectivity index (χ3v) is 1.76. The van der Waals surface area contributed by atoms with Crippen molar-refractivity contribution in [3.05, 3.63) is 29.8 Å². The molecule has 0 aliphatic heterocycles. The van der Waals surface area contributed by atoms with Crippen molar-refractivity contribution >= 4 is 11.6 Å². The normalized spacial score (nSPS) is 12.2. The molecule has 3 N–H and O–H groups in total. The molecule has 0 aliphatic rings. The van der Waals surface area contributed by atoms with Gasteiger partial charge < -0.3 is 11.1 Å².